The number of nitrogens with one attached hydrogen (secondary N) is 1. The summed E-state index contributed by atoms with van der Waals surface area (Å²) in [4.78, 5) is 10.5. The average molecular weight is 410 g/mol. The number of hydrogen-bond acceptors (Lipinski definition) is 1. The van der Waals surface area contributed by atoms with Crippen LogP contribution >= 0.6 is 0 Å². The number of allylic oxidation sites excluding steroid dienone is 4. The lowest BCUT2D eigenvalue weighted by atomic mass is 9.64. The zero-order chi connectivity index (χ0) is 23.5. The molecule has 0 unspecified atom stereocenters. The molecule has 0 bridgehead atoms. The Hall–Kier alpha value is -1.51. The van der Waals surface area contributed by atoms with Gasteiger partial charge in [0.2, 0.25) is 0 Å². The fraction of sp³-hybridized carbons (Fsp3) is 0.731. The standard InChI is InChI=1S/C14H27NO2.C6H12.C4H8.C2H4/c1-4-5-6-12-9-11(10-15-13(16)17)7-8-14(12,2)3;1-5(2)6(3)4;1-3-4-2;1-2/h11-12,15H,4-10H2,1-3H3,(H,16,17);1-4H3;3-4H,1-2H3;1-2H2/b;;4-3-;/t11-,12-;;;/m1.../s1. The summed E-state index contributed by atoms with van der Waals surface area (Å²) in [7, 11) is 0. The van der Waals surface area contributed by atoms with Crippen molar-refractivity contribution in [2.75, 3.05) is 6.54 Å². The van der Waals surface area contributed by atoms with Gasteiger partial charge in [0.05, 0.1) is 0 Å². The second-order valence-electron chi connectivity index (χ2n) is 8.82. The van der Waals surface area contributed by atoms with E-state index in [1.807, 2.05) is 26.0 Å². The van der Waals surface area contributed by atoms with Crippen LogP contribution in [-0.2, 0) is 0 Å². The highest BCUT2D eigenvalue weighted by atomic mass is 16.4. The maximum atomic E-state index is 10.5. The summed E-state index contributed by atoms with van der Waals surface area (Å²) in [6.45, 7) is 26.1. The number of amides is 1. The van der Waals surface area contributed by atoms with Gasteiger partial charge in [-0.1, -0.05) is 56.9 Å². The second-order valence-corrected chi connectivity index (χ2v) is 8.82. The van der Waals surface area contributed by atoms with Crippen molar-refractivity contribution in [3.8, 4) is 0 Å². The molecule has 1 saturated carbocycles. The molecule has 0 aromatic carbocycles. The third-order valence-electron chi connectivity index (χ3n) is 5.70. The molecule has 29 heavy (non-hydrogen) atoms. The van der Waals surface area contributed by atoms with E-state index in [0.29, 0.717) is 17.9 Å². The summed E-state index contributed by atoms with van der Waals surface area (Å²) in [6.07, 6.45) is 10.5. The van der Waals surface area contributed by atoms with Gasteiger partial charge in [0.25, 0.3) is 0 Å². The SMILES string of the molecule is C/C=C\C.C=C.CC(C)=C(C)C.CCCC[C@@H]1C[C@H](CNC(=O)O)CCC1(C)C. The van der Waals surface area contributed by atoms with Crippen LogP contribution in [0, 0.1) is 17.3 Å². The minimum Gasteiger partial charge on any atom is -0.465 e. The third kappa shape index (κ3) is 19.6. The normalized spacial score (nSPS) is 19.3. The van der Waals surface area contributed by atoms with Gasteiger partial charge in [0.1, 0.15) is 0 Å². The van der Waals surface area contributed by atoms with E-state index in [1.165, 1.54) is 43.3 Å². The van der Waals surface area contributed by atoms with Gasteiger partial charge in [0, 0.05) is 6.54 Å². The Labute approximate surface area is 182 Å². The summed E-state index contributed by atoms with van der Waals surface area (Å²) in [5.41, 5.74) is 3.29. The predicted molar refractivity (Wildman–Crippen MR) is 132 cm³/mol. The lowest BCUT2D eigenvalue weighted by Gasteiger charge is -2.42. The number of carboxylic acid groups (broad SMARTS) is 1. The molecule has 0 saturated heterocycles. The first kappa shape index (κ1) is 32.2. The summed E-state index contributed by atoms with van der Waals surface area (Å²) in [5.74, 6) is 1.30. The summed E-state index contributed by atoms with van der Waals surface area (Å²) in [6, 6.07) is 0. The topological polar surface area (TPSA) is 49.3 Å². The maximum Gasteiger partial charge on any atom is 0.404 e. The van der Waals surface area contributed by atoms with Gasteiger partial charge in [-0.25, -0.2) is 4.79 Å². The predicted octanol–water partition coefficient (Wildman–Crippen LogP) is 8.63. The molecule has 1 rings (SSSR count). The van der Waals surface area contributed by atoms with Crippen molar-refractivity contribution in [3.05, 3.63) is 36.5 Å². The highest BCUT2D eigenvalue weighted by Gasteiger charge is 2.35. The van der Waals surface area contributed by atoms with Gasteiger partial charge in [-0.3, -0.25) is 0 Å². The third-order valence-corrected chi connectivity index (χ3v) is 5.70. The van der Waals surface area contributed by atoms with Crippen molar-refractivity contribution in [1.29, 1.82) is 0 Å². The monoisotopic (exact) mass is 409 g/mol. The van der Waals surface area contributed by atoms with Crippen molar-refractivity contribution in [1.82, 2.24) is 5.32 Å². The van der Waals surface area contributed by atoms with Crippen molar-refractivity contribution in [2.45, 2.75) is 101 Å². The van der Waals surface area contributed by atoms with Crippen molar-refractivity contribution < 1.29 is 9.90 Å². The van der Waals surface area contributed by atoms with Crippen LogP contribution < -0.4 is 5.32 Å². The molecule has 1 aliphatic carbocycles. The molecule has 1 fully saturated rings. The molecule has 1 amide bonds. The lowest BCUT2D eigenvalue weighted by molar-refractivity contribution is 0.0881. The average Bonchev–Trinajstić information content (AvgIpc) is 2.68. The molecule has 2 atom stereocenters. The smallest absolute Gasteiger partial charge is 0.404 e. The van der Waals surface area contributed by atoms with E-state index in [9.17, 15) is 4.79 Å². The fourth-order valence-corrected chi connectivity index (χ4v) is 3.00. The quantitative estimate of drug-likeness (QED) is 0.446. The Kier molecular flexibility index (Phi) is 22.0. The van der Waals surface area contributed by atoms with Gasteiger partial charge >= 0.3 is 6.09 Å². The Morgan fingerprint density at radius 1 is 1.10 bits per heavy atom. The molecular weight excluding hydrogens is 358 g/mol. The molecule has 3 heteroatoms. The van der Waals surface area contributed by atoms with E-state index in [-0.39, 0.29) is 0 Å². The number of carbonyl (C=O) groups is 1. The van der Waals surface area contributed by atoms with E-state index in [2.05, 4.69) is 66.9 Å². The highest BCUT2D eigenvalue weighted by molar-refractivity contribution is 5.64. The Bertz CT molecular complexity index is 441. The van der Waals surface area contributed by atoms with Gasteiger partial charge in [-0.15, -0.1) is 13.2 Å². The first-order valence-corrected chi connectivity index (χ1v) is 11.2. The molecule has 0 aromatic rings. The van der Waals surface area contributed by atoms with Gasteiger partial charge in [0.15, 0.2) is 0 Å². The lowest BCUT2D eigenvalue weighted by Crippen LogP contribution is -2.37. The molecule has 0 aliphatic heterocycles. The molecule has 0 radical (unpaired) electrons. The van der Waals surface area contributed by atoms with Crippen LogP contribution in [0.15, 0.2) is 36.5 Å². The van der Waals surface area contributed by atoms with E-state index < -0.39 is 6.09 Å². The van der Waals surface area contributed by atoms with Crippen LogP contribution in [0.1, 0.15) is 101 Å². The summed E-state index contributed by atoms with van der Waals surface area (Å²) in [5, 5.41) is 11.2. The second kappa shape index (κ2) is 19.8. The number of rotatable bonds is 5. The van der Waals surface area contributed by atoms with Gasteiger partial charge in [-0.05, 0) is 84.5 Å². The van der Waals surface area contributed by atoms with Crippen molar-refractivity contribution in [2.24, 2.45) is 17.3 Å². The van der Waals surface area contributed by atoms with E-state index >= 15 is 0 Å². The van der Waals surface area contributed by atoms with Crippen LogP contribution in [0.4, 0.5) is 4.79 Å². The number of hydrogen-bond donors (Lipinski definition) is 2. The minimum atomic E-state index is -0.889. The van der Waals surface area contributed by atoms with Crippen molar-refractivity contribution >= 4 is 6.09 Å². The van der Waals surface area contributed by atoms with E-state index in [4.69, 9.17) is 5.11 Å². The van der Waals surface area contributed by atoms with Crippen LogP contribution in [0.25, 0.3) is 0 Å². The van der Waals surface area contributed by atoms with Crippen LogP contribution in [0.2, 0.25) is 0 Å². The molecule has 3 nitrogen and oxygen atoms in total. The van der Waals surface area contributed by atoms with Gasteiger partial charge < -0.3 is 10.4 Å². The zero-order valence-electron chi connectivity index (χ0n) is 21.0. The highest BCUT2D eigenvalue weighted by Crippen LogP contribution is 2.45. The molecule has 0 heterocycles. The fourth-order valence-electron chi connectivity index (χ4n) is 3.00. The minimum absolute atomic E-state index is 0.439. The van der Waals surface area contributed by atoms with Crippen LogP contribution in [0.3, 0.4) is 0 Å². The first-order valence-electron chi connectivity index (χ1n) is 11.2. The van der Waals surface area contributed by atoms with Gasteiger partial charge in [-0.2, -0.15) is 0 Å². The Morgan fingerprint density at radius 3 is 1.93 bits per heavy atom. The van der Waals surface area contributed by atoms with Crippen LogP contribution in [0.5, 0.6) is 0 Å². The Balaban J connectivity index is -0.000000466. The molecule has 0 aromatic heterocycles. The zero-order valence-corrected chi connectivity index (χ0v) is 21.0. The van der Waals surface area contributed by atoms with Crippen molar-refractivity contribution in [3.63, 3.8) is 0 Å². The number of unbranched alkanes of at least 4 members (excludes halogenated alkanes) is 1. The molecule has 0 spiro atoms. The largest absolute Gasteiger partial charge is 0.465 e. The molecule has 1 aliphatic rings. The summed E-state index contributed by atoms with van der Waals surface area (Å²) >= 11 is 0. The maximum absolute atomic E-state index is 10.5. The van der Waals surface area contributed by atoms with E-state index in [1.54, 1.807) is 0 Å². The van der Waals surface area contributed by atoms with E-state index in [0.717, 1.165) is 12.3 Å². The molecule has 2 N–H and O–H groups in total. The molecular formula is C26H51NO2. The van der Waals surface area contributed by atoms with Crippen LogP contribution in [-0.4, -0.2) is 17.7 Å². The summed E-state index contributed by atoms with van der Waals surface area (Å²) < 4.78 is 0. The first-order chi connectivity index (χ1) is 13.5. The molecule has 172 valence electrons. The Morgan fingerprint density at radius 2 is 1.59 bits per heavy atom.